The molecule has 0 radical (unpaired) electrons. The highest BCUT2D eigenvalue weighted by molar-refractivity contribution is 7.41. The van der Waals surface area contributed by atoms with E-state index in [0.29, 0.717) is 11.5 Å². The Morgan fingerprint density at radius 2 is 1.22 bits per heavy atom. The average molecular weight is 260 g/mol. The predicted octanol–water partition coefficient (Wildman–Crippen LogP) is 3.46. The molecule has 2 aromatic carbocycles. The van der Waals surface area contributed by atoms with Crippen molar-refractivity contribution in [3.05, 3.63) is 59.7 Å². The molecule has 1 heterocycles. The van der Waals surface area contributed by atoms with Gasteiger partial charge in [-0.05, 0) is 36.1 Å². The number of rotatable bonds is 0. The minimum Gasteiger partial charge on any atom is -0.418 e. The number of hydrogen-bond acceptors (Lipinski definition) is 3. The largest absolute Gasteiger partial charge is 0.460 e. The Morgan fingerprint density at radius 1 is 0.778 bits per heavy atom. The molecule has 1 N–H and O–H groups in total. The molecule has 0 amide bonds. The van der Waals surface area contributed by atoms with E-state index >= 15 is 0 Å². The van der Waals surface area contributed by atoms with Crippen molar-refractivity contribution in [2.45, 2.75) is 12.8 Å². The Balaban J connectivity index is 1.99. The molecule has 0 saturated carbocycles. The molecule has 0 atom stereocenters. The summed E-state index contributed by atoms with van der Waals surface area (Å²) in [7, 11) is -1.93. The number of para-hydroxylation sites is 2. The molecule has 92 valence electrons. The summed E-state index contributed by atoms with van der Waals surface area (Å²) < 4.78 is 10.9. The van der Waals surface area contributed by atoms with Gasteiger partial charge in [-0.3, -0.25) is 0 Å². The zero-order valence-corrected chi connectivity index (χ0v) is 10.6. The minimum absolute atomic E-state index is 0.707. The van der Waals surface area contributed by atoms with Crippen LogP contribution in [0.5, 0.6) is 11.5 Å². The Labute approximate surface area is 107 Å². The molecule has 0 aromatic heterocycles. The third-order valence-electron chi connectivity index (χ3n) is 2.96. The highest BCUT2D eigenvalue weighted by Gasteiger charge is 2.18. The number of benzene rings is 2. The molecule has 0 aliphatic carbocycles. The predicted molar refractivity (Wildman–Crippen MR) is 70.7 cm³/mol. The molecule has 0 fully saturated rings. The van der Waals surface area contributed by atoms with Crippen LogP contribution in [0.2, 0.25) is 0 Å². The summed E-state index contributed by atoms with van der Waals surface area (Å²) in [5.74, 6) is 1.41. The quantitative estimate of drug-likeness (QED) is 0.737. The maximum atomic E-state index is 9.85. The second kappa shape index (κ2) is 4.97. The smallest absolute Gasteiger partial charge is 0.418 e. The average Bonchev–Trinajstić information content (AvgIpc) is 2.45. The number of aryl methyl sites for hydroxylation is 2. The van der Waals surface area contributed by atoms with Crippen LogP contribution in [0.15, 0.2) is 48.5 Å². The first-order chi connectivity index (χ1) is 8.83. The van der Waals surface area contributed by atoms with Gasteiger partial charge in [-0.25, -0.2) is 0 Å². The number of hydrogen-bond donors (Lipinski definition) is 1. The van der Waals surface area contributed by atoms with Crippen LogP contribution in [0.3, 0.4) is 0 Å². The van der Waals surface area contributed by atoms with Crippen LogP contribution in [0.1, 0.15) is 11.1 Å². The van der Waals surface area contributed by atoms with Crippen molar-refractivity contribution >= 4 is 8.60 Å². The Kier molecular flexibility index (Phi) is 3.18. The maximum Gasteiger partial charge on any atom is 0.460 e. The van der Waals surface area contributed by atoms with E-state index in [0.717, 1.165) is 24.0 Å². The second-order valence-corrected chi connectivity index (χ2v) is 4.98. The van der Waals surface area contributed by atoms with Crippen LogP contribution in [0.4, 0.5) is 0 Å². The van der Waals surface area contributed by atoms with Gasteiger partial charge in [0.25, 0.3) is 0 Å². The molecular weight excluding hydrogens is 247 g/mol. The molecule has 2 aromatic rings. The van der Waals surface area contributed by atoms with Crippen molar-refractivity contribution in [1.29, 1.82) is 0 Å². The van der Waals surface area contributed by atoms with Gasteiger partial charge in [0.15, 0.2) is 0 Å². The molecule has 18 heavy (non-hydrogen) atoms. The van der Waals surface area contributed by atoms with Gasteiger partial charge in [0.1, 0.15) is 11.5 Å². The third-order valence-corrected chi connectivity index (χ3v) is 3.67. The molecule has 0 saturated heterocycles. The lowest BCUT2D eigenvalue weighted by Crippen LogP contribution is -1.95. The van der Waals surface area contributed by atoms with E-state index in [1.54, 1.807) is 0 Å². The molecule has 4 heteroatoms. The van der Waals surface area contributed by atoms with Crippen LogP contribution in [0.25, 0.3) is 0 Å². The molecular formula is C14H13O3P. The fraction of sp³-hybridized carbons (Fsp3) is 0.143. The normalized spacial score (nSPS) is 15.2. The standard InChI is InChI=1S/C14H13O3P/c15-18-16-13-7-3-1-5-11(13)9-10-12-6-2-4-8-14(12)17-18/h1-8,15H,9-10H2. The molecule has 3 rings (SSSR count). The fourth-order valence-corrected chi connectivity index (χ4v) is 2.79. The Hall–Kier alpha value is -1.57. The zero-order valence-electron chi connectivity index (χ0n) is 9.74. The van der Waals surface area contributed by atoms with Gasteiger partial charge in [0, 0.05) is 0 Å². The first-order valence-electron chi connectivity index (χ1n) is 5.84. The lowest BCUT2D eigenvalue weighted by atomic mass is 10.0. The van der Waals surface area contributed by atoms with Crippen LogP contribution in [-0.2, 0) is 12.8 Å². The summed E-state index contributed by atoms with van der Waals surface area (Å²) in [6.45, 7) is 0. The second-order valence-electron chi connectivity index (χ2n) is 4.14. The summed E-state index contributed by atoms with van der Waals surface area (Å²) in [6, 6.07) is 15.5. The monoisotopic (exact) mass is 260 g/mol. The van der Waals surface area contributed by atoms with Gasteiger partial charge in [-0.15, -0.1) is 0 Å². The van der Waals surface area contributed by atoms with Gasteiger partial charge < -0.3 is 13.9 Å². The first kappa shape index (κ1) is 11.5. The molecule has 0 bridgehead atoms. The molecule has 3 nitrogen and oxygen atoms in total. The highest BCUT2D eigenvalue weighted by atomic mass is 31.2. The third kappa shape index (κ3) is 2.33. The van der Waals surface area contributed by atoms with Crippen molar-refractivity contribution in [3.8, 4) is 11.5 Å². The van der Waals surface area contributed by atoms with E-state index in [4.69, 9.17) is 9.05 Å². The first-order valence-corrected chi connectivity index (χ1v) is 6.97. The fourth-order valence-electron chi connectivity index (χ4n) is 2.06. The molecule has 1 aliphatic heterocycles. The summed E-state index contributed by atoms with van der Waals surface area (Å²) in [5, 5.41) is 0. The molecule has 0 spiro atoms. The van der Waals surface area contributed by atoms with Crippen molar-refractivity contribution in [1.82, 2.24) is 0 Å². The van der Waals surface area contributed by atoms with Crippen LogP contribution in [0, 0.1) is 0 Å². The molecule has 0 unspecified atom stereocenters. The van der Waals surface area contributed by atoms with Gasteiger partial charge in [-0.1, -0.05) is 36.4 Å². The van der Waals surface area contributed by atoms with Gasteiger partial charge in [0.05, 0.1) is 0 Å². The van der Waals surface area contributed by atoms with Crippen LogP contribution >= 0.6 is 8.60 Å². The molecule has 1 aliphatic rings. The summed E-state index contributed by atoms with van der Waals surface area (Å²) >= 11 is 0. The van der Waals surface area contributed by atoms with Crippen molar-refractivity contribution in [2.75, 3.05) is 0 Å². The van der Waals surface area contributed by atoms with E-state index in [1.165, 1.54) is 0 Å². The minimum atomic E-state index is -1.93. The van der Waals surface area contributed by atoms with E-state index < -0.39 is 8.60 Å². The van der Waals surface area contributed by atoms with E-state index in [-0.39, 0.29) is 0 Å². The SMILES string of the molecule is OP1Oc2ccccc2CCc2ccccc2O1. The van der Waals surface area contributed by atoms with Crippen LogP contribution in [-0.4, -0.2) is 4.89 Å². The van der Waals surface area contributed by atoms with Crippen molar-refractivity contribution in [3.63, 3.8) is 0 Å². The lowest BCUT2D eigenvalue weighted by Gasteiger charge is -2.13. The Bertz CT molecular complexity index is 507. The summed E-state index contributed by atoms with van der Waals surface area (Å²) in [5.41, 5.74) is 2.19. The lowest BCUT2D eigenvalue weighted by molar-refractivity contribution is 0.381. The maximum absolute atomic E-state index is 9.85. The van der Waals surface area contributed by atoms with Crippen molar-refractivity contribution < 1.29 is 13.9 Å². The highest BCUT2D eigenvalue weighted by Crippen LogP contribution is 2.40. The van der Waals surface area contributed by atoms with E-state index in [2.05, 4.69) is 0 Å². The Morgan fingerprint density at radius 3 is 1.72 bits per heavy atom. The summed E-state index contributed by atoms with van der Waals surface area (Å²) in [4.78, 5) is 9.85. The zero-order chi connectivity index (χ0) is 12.4. The van der Waals surface area contributed by atoms with E-state index in [1.807, 2.05) is 48.5 Å². The summed E-state index contributed by atoms with van der Waals surface area (Å²) in [6.07, 6.45) is 1.75. The van der Waals surface area contributed by atoms with Gasteiger partial charge in [0.2, 0.25) is 0 Å². The number of fused-ring (bicyclic) bond motifs is 2. The van der Waals surface area contributed by atoms with Crippen molar-refractivity contribution in [2.24, 2.45) is 0 Å². The van der Waals surface area contributed by atoms with Gasteiger partial charge in [-0.2, -0.15) is 0 Å². The van der Waals surface area contributed by atoms with Gasteiger partial charge >= 0.3 is 8.60 Å². The topological polar surface area (TPSA) is 38.7 Å². The van der Waals surface area contributed by atoms with E-state index in [9.17, 15) is 4.89 Å². The van der Waals surface area contributed by atoms with Crippen LogP contribution < -0.4 is 9.05 Å².